The number of nitrogens with zero attached hydrogens (tertiary/aromatic N) is 4. The second kappa shape index (κ2) is 444. The molecule has 6 heteroatoms. The van der Waals surface area contributed by atoms with Crippen molar-refractivity contribution < 1.29 is 35.4 Å². The Morgan fingerprint density at radius 2 is 0.500 bits per heavy atom. The van der Waals surface area contributed by atoms with E-state index in [2.05, 4.69) is 0 Å². The van der Waals surface area contributed by atoms with Crippen LogP contribution in [0.25, 0.3) is 0 Å². The van der Waals surface area contributed by atoms with Crippen LogP contribution in [-0.4, -0.2) is 0 Å². The molecule has 0 aliphatic rings. The molecule has 0 N–H and O–H groups in total. The zero-order chi connectivity index (χ0) is 8.00. The van der Waals surface area contributed by atoms with Crippen LogP contribution in [0.4, 0.5) is 0 Å². The van der Waals surface area contributed by atoms with Gasteiger partial charge in [-0.2, -0.15) is 0 Å². The van der Waals surface area contributed by atoms with Crippen molar-refractivity contribution in [2.45, 2.75) is 0 Å². The molecular weight excluding hydrogens is 170 g/mol. The molecule has 0 amide bonds. The Kier molecular flexibility index (Phi) is 2800. The van der Waals surface area contributed by atoms with Crippen molar-refractivity contribution in [2.75, 3.05) is 0 Å². The van der Waals surface area contributed by atoms with Crippen molar-refractivity contribution >= 4 is 0 Å². The van der Waals surface area contributed by atoms with Crippen LogP contribution in [0.5, 0.6) is 0 Å². The van der Waals surface area contributed by atoms with Gasteiger partial charge in [-0.15, -0.1) is 0 Å². The molecule has 0 fully saturated rings. The van der Waals surface area contributed by atoms with Crippen molar-refractivity contribution in [1.82, 2.24) is 0 Å². The summed E-state index contributed by atoms with van der Waals surface area (Å²) in [6.07, 6.45) is 0. The van der Waals surface area contributed by atoms with Crippen molar-refractivity contribution in [2.24, 2.45) is 0 Å². The van der Waals surface area contributed by atoms with Gasteiger partial charge in [-0.05, 0) is 0 Å². The standard InChI is InChI=1S/4CN.Li.Ni/c4*1-2;;/q4*-1;+1;+3. The van der Waals surface area contributed by atoms with Crippen LogP contribution < -0.4 is 18.9 Å². The summed E-state index contributed by atoms with van der Waals surface area (Å²) in [4.78, 5) is 0. The summed E-state index contributed by atoms with van der Waals surface area (Å²) in [5.74, 6) is 0. The third-order valence-electron chi connectivity index (χ3n) is 0. The molecule has 0 atom stereocenters. The van der Waals surface area contributed by atoms with Gasteiger partial charge < -0.3 is 47.3 Å². The van der Waals surface area contributed by atoms with E-state index in [0.29, 0.717) is 0 Å². The van der Waals surface area contributed by atoms with Crippen LogP contribution in [0.15, 0.2) is 0 Å². The molecule has 4 nitrogen and oxygen atoms in total. The van der Waals surface area contributed by atoms with E-state index >= 15 is 0 Å². The van der Waals surface area contributed by atoms with Crippen LogP contribution in [-0.2, 0) is 16.5 Å². The minimum Gasteiger partial charge on any atom is -0.512 e. The summed E-state index contributed by atoms with van der Waals surface area (Å²) < 4.78 is 0. The van der Waals surface area contributed by atoms with E-state index in [1.807, 2.05) is 0 Å². The summed E-state index contributed by atoms with van der Waals surface area (Å²) in [7, 11) is 0. The maximum Gasteiger partial charge on any atom is 3.00 e. The van der Waals surface area contributed by atoms with Gasteiger partial charge in [0.05, 0.1) is 0 Å². The van der Waals surface area contributed by atoms with Crippen molar-refractivity contribution in [3.63, 3.8) is 0 Å². The molecule has 0 aliphatic carbocycles. The smallest absolute Gasteiger partial charge is 0.512 e. The Labute approximate surface area is 82.8 Å². The quantitative estimate of drug-likeness (QED) is 0.293. The molecule has 0 saturated carbocycles. The van der Waals surface area contributed by atoms with E-state index in [0.717, 1.165) is 0 Å². The first kappa shape index (κ1) is 63.0. The second-order valence-electron chi connectivity index (χ2n) is 0. The molecule has 0 heterocycles. The number of rotatable bonds is 0. The molecule has 0 unspecified atom stereocenters. The molecule has 0 aromatic heterocycles. The Balaban J connectivity index is -0.00000000500. The molecule has 1 radical (unpaired) electrons. The number of hydrogen-bond acceptors (Lipinski definition) is 4. The molecule has 10 heavy (non-hydrogen) atoms. The molecule has 0 rings (SSSR count). The summed E-state index contributed by atoms with van der Waals surface area (Å²) in [5, 5.41) is 25.0. The van der Waals surface area contributed by atoms with E-state index in [1.54, 1.807) is 0 Å². The molecule has 0 spiro atoms. The van der Waals surface area contributed by atoms with E-state index in [4.69, 9.17) is 47.3 Å². The summed E-state index contributed by atoms with van der Waals surface area (Å²) in [5.41, 5.74) is 0. The van der Waals surface area contributed by atoms with Gasteiger partial charge in [0.25, 0.3) is 0 Å². The fourth-order valence-electron chi connectivity index (χ4n) is 0. The fourth-order valence-corrected chi connectivity index (χ4v) is 0. The second-order valence-corrected chi connectivity index (χ2v) is 0. The van der Waals surface area contributed by atoms with E-state index in [-0.39, 0.29) is 35.4 Å². The average Bonchev–Trinajstić information content (AvgIpc) is 2.03. The first-order valence-electron chi connectivity index (χ1n) is 0.894. The minimum atomic E-state index is 0. The van der Waals surface area contributed by atoms with Crippen molar-refractivity contribution in [3.8, 4) is 0 Å². The largest absolute Gasteiger partial charge is 3.00 e. The first-order chi connectivity index (χ1) is 4.00. The minimum absolute atomic E-state index is 0. The topological polar surface area (TPSA) is 95.2 Å². The van der Waals surface area contributed by atoms with Gasteiger partial charge in [0.1, 0.15) is 0 Å². The molecule has 0 bridgehead atoms. The maximum atomic E-state index is 6.25. The molecule has 0 aromatic carbocycles. The third kappa shape index (κ3) is 287. The molecule has 0 saturated heterocycles. The fraction of sp³-hybridized carbons (Fsp3) is 0. The average molecular weight is 170 g/mol. The number of hydrogen-bond donors (Lipinski definition) is 0. The van der Waals surface area contributed by atoms with Crippen LogP contribution in [0, 0.1) is 47.3 Å². The predicted octanol–water partition coefficient (Wildman–Crippen LogP) is -2.61. The monoisotopic (exact) mass is 169 g/mol. The predicted molar refractivity (Wildman–Crippen MR) is 19.9 cm³/mol. The zero-order valence-electron chi connectivity index (χ0n) is 5.11. The molecule has 0 aromatic rings. The van der Waals surface area contributed by atoms with Crippen LogP contribution >= 0.6 is 0 Å². The van der Waals surface area contributed by atoms with Crippen LogP contribution in [0.2, 0.25) is 0 Å². The summed E-state index contributed by atoms with van der Waals surface area (Å²) >= 11 is 0. The van der Waals surface area contributed by atoms with Gasteiger partial charge >= 0.3 is 35.4 Å². The summed E-state index contributed by atoms with van der Waals surface area (Å²) in [6, 6.07) is 0. The van der Waals surface area contributed by atoms with Gasteiger partial charge in [0.2, 0.25) is 0 Å². The molecule has 47 valence electrons. The van der Waals surface area contributed by atoms with Crippen molar-refractivity contribution in [1.29, 1.82) is 21.0 Å². The Hall–Kier alpha value is -0.949. The molecule has 0 aliphatic heterocycles. The Bertz CT molecular complexity index is 60.2. The normalized spacial score (nSPS) is 0.800. The van der Waals surface area contributed by atoms with Gasteiger partial charge in [-0.1, -0.05) is 0 Å². The molecular formula is C4LiN4Ni. The zero-order valence-corrected chi connectivity index (χ0v) is 6.09. The van der Waals surface area contributed by atoms with E-state index in [9.17, 15) is 0 Å². The SMILES string of the molecule is [C-]#N.[C-]#N.[C-]#N.[C-]#N.[Li+].[Ni+3]. The third-order valence-corrected chi connectivity index (χ3v) is 0. The Morgan fingerprint density at radius 1 is 0.500 bits per heavy atom. The maximum absolute atomic E-state index is 6.25. The van der Waals surface area contributed by atoms with E-state index in [1.165, 1.54) is 0 Å². The van der Waals surface area contributed by atoms with Gasteiger partial charge in [0, 0.05) is 0 Å². The van der Waals surface area contributed by atoms with Gasteiger partial charge in [-0.25, -0.2) is 0 Å². The van der Waals surface area contributed by atoms with Crippen molar-refractivity contribution in [3.05, 3.63) is 26.3 Å². The first-order valence-corrected chi connectivity index (χ1v) is 0.894. The summed E-state index contributed by atoms with van der Waals surface area (Å²) in [6.45, 7) is 19.0. The Morgan fingerprint density at radius 3 is 0.500 bits per heavy atom. The van der Waals surface area contributed by atoms with E-state index < -0.39 is 0 Å². The van der Waals surface area contributed by atoms with Crippen LogP contribution in [0.3, 0.4) is 0 Å². The van der Waals surface area contributed by atoms with Gasteiger partial charge in [0.15, 0.2) is 0 Å². The van der Waals surface area contributed by atoms with Crippen LogP contribution in [0.1, 0.15) is 0 Å². The van der Waals surface area contributed by atoms with Gasteiger partial charge in [-0.3, -0.25) is 0 Å².